The van der Waals surface area contributed by atoms with Crippen LogP contribution in [0, 0.1) is 5.92 Å². The smallest absolute Gasteiger partial charge is 0.245 e. The quantitative estimate of drug-likeness (QED) is 0.859. The van der Waals surface area contributed by atoms with Gasteiger partial charge in [0.25, 0.3) is 0 Å². The highest BCUT2D eigenvalue weighted by molar-refractivity contribution is 5.86. The molecule has 1 saturated carbocycles. The SMILES string of the molecule is O=C(C1CCc2ccccc2N1)N1CCC2CCCCC21. The fourth-order valence-electron chi connectivity index (χ4n) is 4.50. The standard InChI is InChI=1S/C18H24N2O/c21-18(20-12-11-14-6-2-4-8-17(14)20)16-10-9-13-5-1-3-7-15(13)19-16/h1,3,5,7,14,16-17,19H,2,4,6,8-12H2. The minimum absolute atomic E-state index is 0.0134. The fraction of sp³-hybridized carbons (Fsp3) is 0.611. The molecule has 1 amide bonds. The Balaban J connectivity index is 1.49. The van der Waals surface area contributed by atoms with Crippen molar-refractivity contribution in [2.75, 3.05) is 11.9 Å². The largest absolute Gasteiger partial charge is 0.373 e. The van der Waals surface area contributed by atoms with E-state index in [2.05, 4.69) is 28.4 Å². The van der Waals surface area contributed by atoms with Gasteiger partial charge in [0, 0.05) is 18.3 Å². The van der Waals surface area contributed by atoms with E-state index in [1.165, 1.54) is 37.7 Å². The Labute approximate surface area is 126 Å². The van der Waals surface area contributed by atoms with Gasteiger partial charge >= 0.3 is 0 Å². The van der Waals surface area contributed by atoms with Crippen LogP contribution in [-0.2, 0) is 11.2 Å². The monoisotopic (exact) mass is 284 g/mol. The van der Waals surface area contributed by atoms with Gasteiger partial charge in [0.05, 0.1) is 0 Å². The maximum atomic E-state index is 12.9. The second-order valence-electron chi connectivity index (χ2n) is 6.82. The Morgan fingerprint density at radius 1 is 1.10 bits per heavy atom. The van der Waals surface area contributed by atoms with Crippen LogP contribution in [0.1, 0.15) is 44.1 Å². The molecule has 4 rings (SSSR count). The van der Waals surface area contributed by atoms with Crippen molar-refractivity contribution >= 4 is 11.6 Å². The van der Waals surface area contributed by atoms with Crippen LogP contribution in [-0.4, -0.2) is 29.4 Å². The first-order valence-electron chi connectivity index (χ1n) is 8.48. The van der Waals surface area contributed by atoms with Crippen molar-refractivity contribution in [3.63, 3.8) is 0 Å². The lowest BCUT2D eigenvalue weighted by Crippen LogP contribution is -2.48. The van der Waals surface area contributed by atoms with Gasteiger partial charge in [0.1, 0.15) is 6.04 Å². The summed E-state index contributed by atoms with van der Waals surface area (Å²) in [5.41, 5.74) is 2.50. The number of nitrogens with one attached hydrogen (secondary N) is 1. The number of fused-ring (bicyclic) bond motifs is 2. The van der Waals surface area contributed by atoms with E-state index >= 15 is 0 Å². The highest BCUT2D eigenvalue weighted by atomic mass is 16.2. The molecule has 21 heavy (non-hydrogen) atoms. The number of benzene rings is 1. The molecule has 0 bridgehead atoms. The molecule has 1 N–H and O–H groups in total. The van der Waals surface area contributed by atoms with Gasteiger partial charge in [-0.05, 0) is 49.7 Å². The second kappa shape index (κ2) is 5.36. The molecular formula is C18H24N2O. The first kappa shape index (κ1) is 13.2. The minimum atomic E-state index is -0.0134. The average Bonchev–Trinajstić information content (AvgIpc) is 2.98. The first-order valence-corrected chi connectivity index (χ1v) is 8.48. The molecule has 2 fully saturated rings. The van der Waals surface area contributed by atoms with Gasteiger partial charge in [0.2, 0.25) is 5.91 Å². The predicted octanol–water partition coefficient (Wildman–Crippen LogP) is 3.20. The Kier molecular flexibility index (Phi) is 3.36. The molecule has 2 aliphatic heterocycles. The van der Waals surface area contributed by atoms with Crippen molar-refractivity contribution in [3.05, 3.63) is 29.8 Å². The summed E-state index contributed by atoms with van der Waals surface area (Å²) in [5, 5.41) is 3.48. The number of carbonyl (C=O) groups excluding carboxylic acids is 1. The Bertz CT molecular complexity index is 542. The number of anilines is 1. The van der Waals surface area contributed by atoms with E-state index in [0.717, 1.165) is 31.0 Å². The number of para-hydroxylation sites is 1. The summed E-state index contributed by atoms with van der Waals surface area (Å²) in [6, 6.07) is 8.91. The van der Waals surface area contributed by atoms with Crippen LogP contribution in [0.25, 0.3) is 0 Å². The van der Waals surface area contributed by atoms with Gasteiger partial charge in [-0.15, -0.1) is 0 Å². The van der Waals surface area contributed by atoms with Crippen LogP contribution in [0.2, 0.25) is 0 Å². The van der Waals surface area contributed by atoms with Crippen molar-refractivity contribution in [2.45, 2.75) is 57.0 Å². The van der Waals surface area contributed by atoms with Crippen molar-refractivity contribution in [1.29, 1.82) is 0 Å². The molecule has 2 heterocycles. The lowest BCUT2D eigenvalue weighted by Gasteiger charge is -2.35. The minimum Gasteiger partial charge on any atom is -0.373 e. The zero-order chi connectivity index (χ0) is 14.2. The third kappa shape index (κ3) is 2.33. The predicted molar refractivity (Wildman–Crippen MR) is 84.2 cm³/mol. The van der Waals surface area contributed by atoms with E-state index in [1.54, 1.807) is 0 Å². The molecule has 1 aliphatic carbocycles. The molecule has 3 heteroatoms. The summed E-state index contributed by atoms with van der Waals surface area (Å²) in [5.74, 6) is 1.12. The van der Waals surface area contributed by atoms with Crippen molar-refractivity contribution < 1.29 is 4.79 Å². The molecule has 1 aromatic rings. The first-order chi connectivity index (χ1) is 10.3. The topological polar surface area (TPSA) is 32.3 Å². The van der Waals surface area contributed by atoms with Crippen LogP contribution < -0.4 is 5.32 Å². The number of likely N-dealkylation sites (tertiary alicyclic amines) is 1. The fourth-order valence-corrected chi connectivity index (χ4v) is 4.50. The Morgan fingerprint density at radius 3 is 2.90 bits per heavy atom. The number of aryl methyl sites for hydroxylation is 1. The maximum Gasteiger partial charge on any atom is 0.245 e. The summed E-state index contributed by atoms with van der Waals surface area (Å²) in [6.45, 7) is 0.980. The van der Waals surface area contributed by atoms with Crippen LogP contribution in [0.3, 0.4) is 0 Å². The number of rotatable bonds is 1. The zero-order valence-electron chi connectivity index (χ0n) is 12.6. The number of carbonyl (C=O) groups is 1. The molecule has 3 atom stereocenters. The summed E-state index contributed by atoms with van der Waals surface area (Å²) in [6.07, 6.45) is 8.38. The van der Waals surface area contributed by atoms with Gasteiger partial charge < -0.3 is 10.2 Å². The van der Waals surface area contributed by atoms with Crippen molar-refractivity contribution in [2.24, 2.45) is 5.92 Å². The lowest BCUT2D eigenvalue weighted by atomic mass is 9.85. The molecule has 1 aromatic carbocycles. The van der Waals surface area contributed by atoms with Gasteiger partial charge in [-0.3, -0.25) is 4.79 Å². The Hall–Kier alpha value is -1.51. The molecular weight excluding hydrogens is 260 g/mol. The summed E-state index contributed by atoms with van der Waals surface area (Å²) in [7, 11) is 0. The van der Waals surface area contributed by atoms with Gasteiger partial charge in [-0.1, -0.05) is 31.0 Å². The maximum absolute atomic E-state index is 12.9. The van der Waals surface area contributed by atoms with E-state index in [4.69, 9.17) is 0 Å². The number of amides is 1. The summed E-state index contributed by atoms with van der Waals surface area (Å²) < 4.78 is 0. The van der Waals surface area contributed by atoms with Gasteiger partial charge in [0.15, 0.2) is 0 Å². The molecule has 0 radical (unpaired) electrons. The number of hydrogen-bond donors (Lipinski definition) is 1. The van der Waals surface area contributed by atoms with E-state index in [9.17, 15) is 4.79 Å². The second-order valence-corrected chi connectivity index (χ2v) is 6.82. The highest BCUT2D eigenvalue weighted by Gasteiger charge is 2.40. The molecule has 3 nitrogen and oxygen atoms in total. The van der Waals surface area contributed by atoms with Crippen LogP contribution in [0.5, 0.6) is 0 Å². The average molecular weight is 284 g/mol. The van der Waals surface area contributed by atoms with E-state index in [-0.39, 0.29) is 6.04 Å². The zero-order valence-corrected chi connectivity index (χ0v) is 12.6. The van der Waals surface area contributed by atoms with E-state index in [0.29, 0.717) is 11.9 Å². The van der Waals surface area contributed by atoms with Gasteiger partial charge in [-0.2, -0.15) is 0 Å². The molecule has 112 valence electrons. The van der Waals surface area contributed by atoms with Crippen molar-refractivity contribution in [3.8, 4) is 0 Å². The Morgan fingerprint density at radius 2 is 1.95 bits per heavy atom. The van der Waals surface area contributed by atoms with Gasteiger partial charge in [-0.25, -0.2) is 0 Å². The third-order valence-electron chi connectivity index (χ3n) is 5.64. The van der Waals surface area contributed by atoms with E-state index in [1.807, 2.05) is 6.07 Å². The van der Waals surface area contributed by atoms with Crippen LogP contribution in [0.4, 0.5) is 5.69 Å². The molecule has 3 unspecified atom stereocenters. The summed E-state index contributed by atoms with van der Waals surface area (Å²) in [4.78, 5) is 15.1. The molecule has 3 aliphatic rings. The highest BCUT2D eigenvalue weighted by Crippen LogP contribution is 2.37. The molecule has 0 spiro atoms. The van der Waals surface area contributed by atoms with Crippen LogP contribution in [0.15, 0.2) is 24.3 Å². The number of hydrogen-bond acceptors (Lipinski definition) is 2. The van der Waals surface area contributed by atoms with Crippen molar-refractivity contribution in [1.82, 2.24) is 4.90 Å². The molecule has 1 saturated heterocycles. The number of nitrogens with zero attached hydrogens (tertiary/aromatic N) is 1. The van der Waals surface area contributed by atoms with Crippen LogP contribution >= 0.6 is 0 Å². The molecule has 0 aromatic heterocycles. The summed E-state index contributed by atoms with van der Waals surface area (Å²) >= 11 is 0. The third-order valence-corrected chi connectivity index (χ3v) is 5.64. The van der Waals surface area contributed by atoms with E-state index < -0.39 is 0 Å². The normalized spacial score (nSPS) is 31.2. The lowest BCUT2D eigenvalue weighted by molar-refractivity contribution is -0.133.